The largest absolute Gasteiger partial charge is 0.464 e. The maximum absolute atomic E-state index is 14.2. The van der Waals surface area contributed by atoms with Crippen LogP contribution in [0.4, 0.5) is 0 Å². The van der Waals surface area contributed by atoms with Gasteiger partial charge in [-0.15, -0.1) is 0 Å². The molecule has 0 aromatic heterocycles. The van der Waals surface area contributed by atoms with Crippen molar-refractivity contribution in [3.05, 3.63) is 34.4 Å². The van der Waals surface area contributed by atoms with Crippen LogP contribution in [0.25, 0.3) is 0 Å². The highest BCUT2D eigenvalue weighted by molar-refractivity contribution is 7.28. The van der Waals surface area contributed by atoms with Crippen molar-refractivity contribution in [1.82, 2.24) is 0 Å². The molecule has 178 valence electrons. The first-order valence-electron chi connectivity index (χ1n) is 11.9. The van der Waals surface area contributed by atoms with E-state index < -0.39 is 16.5 Å². The zero-order chi connectivity index (χ0) is 24.3. The molecule has 1 aliphatic rings. The van der Waals surface area contributed by atoms with Crippen molar-refractivity contribution >= 4 is 20.2 Å². The predicted octanol–water partition coefficient (Wildman–Crippen LogP) is 7.41. The van der Waals surface area contributed by atoms with Gasteiger partial charge in [-0.2, -0.15) is 0 Å². The zero-order valence-electron chi connectivity index (χ0n) is 21.3. The second-order valence-corrected chi connectivity index (χ2v) is 12.5. The lowest BCUT2D eigenvalue weighted by Gasteiger charge is -2.45. The molecule has 0 heterocycles. The number of ether oxygens (including phenoxy) is 1. The maximum atomic E-state index is 14.2. The van der Waals surface area contributed by atoms with Crippen LogP contribution < -0.4 is 0 Å². The molecule has 32 heavy (non-hydrogen) atoms. The molecule has 2 unspecified atom stereocenters. The van der Waals surface area contributed by atoms with Gasteiger partial charge in [-0.1, -0.05) is 64.7 Å². The summed E-state index contributed by atoms with van der Waals surface area (Å²) in [5.74, 6) is -0.392. The monoisotopic (exact) mass is 460 g/mol. The van der Waals surface area contributed by atoms with Gasteiger partial charge in [0, 0.05) is 5.56 Å². The zero-order valence-corrected chi connectivity index (χ0v) is 22.2. The number of hydrogen-bond acceptors (Lipinski definition) is 4. The van der Waals surface area contributed by atoms with Gasteiger partial charge in [0.1, 0.15) is 0 Å². The fourth-order valence-corrected chi connectivity index (χ4v) is 6.29. The molecule has 1 aromatic carbocycles. The lowest BCUT2D eigenvalue weighted by Crippen LogP contribution is -2.54. The van der Waals surface area contributed by atoms with Crippen LogP contribution in [0, 0.1) is 37.5 Å². The molecule has 2 rings (SSSR count). The molecule has 5 heteroatoms. The van der Waals surface area contributed by atoms with Crippen LogP contribution in [0.3, 0.4) is 0 Å². The highest BCUT2D eigenvalue weighted by Gasteiger charge is 2.60. The molecule has 0 bridgehead atoms. The maximum Gasteiger partial charge on any atom is 0.324 e. The summed E-state index contributed by atoms with van der Waals surface area (Å²) in [5.41, 5.74) is 2.70. The SMILES string of the molecule is Cc1cc(C)c(C(=O)C2(C(C)(P=O)C(=O)OCC(C)CC(C)(C)C)CCCCC2)c(C)c1. The Hall–Kier alpha value is -1.54. The molecule has 0 N–H and O–H groups in total. The van der Waals surface area contributed by atoms with Crippen LogP contribution in [-0.4, -0.2) is 23.5 Å². The molecule has 1 saturated carbocycles. The molecule has 4 nitrogen and oxygen atoms in total. The Bertz CT molecular complexity index is 838. The first-order valence-corrected chi connectivity index (χ1v) is 12.7. The Balaban J connectivity index is 2.44. The molecule has 1 aromatic rings. The van der Waals surface area contributed by atoms with E-state index in [0.29, 0.717) is 18.4 Å². The highest BCUT2D eigenvalue weighted by Crippen LogP contribution is 2.54. The first kappa shape index (κ1) is 26.7. The van der Waals surface area contributed by atoms with Crippen molar-refractivity contribution in [3.8, 4) is 0 Å². The summed E-state index contributed by atoms with van der Waals surface area (Å²) in [6, 6.07) is 4.02. The Morgan fingerprint density at radius 2 is 1.56 bits per heavy atom. The second-order valence-electron chi connectivity index (χ2n) is 11.4. The predicted molar refractivity (Wildman–Crippen MR) is 131 cm³/mol. The van der Waals surface area contributed by atoms with Gasteiger partial charge in [-0.3, -0.25) is 14.2 Å². The number of esters is 1. The van der Waals surface area contributed by atoms with Gasteiger partial charge in [-0.25, -0.2) is 0 Å². The van der Waals surface area contributed by atoms with E-state index in [0.717, 1.165) is 42.4 Å². The van der Waals surface area contributed by atoms with E-state index in [2.05, 4.69) is 27.7 Å². The van der Waals surface area contributed by atoms with Gasteiger partial charge >= 0.3 is 5.97 Å². The molecule has 0 spiro atoms. The van der Waals surface area contributed by atoms with Crippen LogP contribution in [-0.2, 0) is 14.1 Å². The van der Waals surface area contributed by atoms with Crippen molar-refractivity contribution in [2.75, 3.05) is 6.61 Å². The number of benzene rings is 1. The molecule has 0 radical (unpaired) electrons. The van der Waals surface area contributed by atoms with Crippen LogP contribution in [0.15, 0.2) is 12.1 Å². The van der Waals surface area contributed by atoms with Crippen LogP contribution in [0.2, 0.25) is 0 Å². The Morgan fingerprint density at radius 1 is 1.03 bits per heavy atom. The van der Waals surface area contributed by atoms with Crippen LogP contribution in [0.1, 0.15) is 100 Å². The van der Waals surface area contributed by atoms with E-state index in [4.69, 9.17) is 4.74 Å². The van der Waals surface area contributed by atoms with E-state index in [1.54, 1.807) is 6.92 Å². The standard InChI is InChI=1S/C27H41O4P/c1-18-14-20(3)22(21(4)15-18)23(28)27(12-10-9-11-13-27)26(8,32-30)24(29)31-17-19(2)16-25(5,6)7/h14-15,19H,9-13,16-17H2,1-8H3. The topological polar surface area (TPSA) is 60.4 Å². The van der Waals surface area contributed by atoms with Gasteiger partial charge in [0.15, 0.2) is 19.4 Å². The summed E-state index contributed by atoms with van der Waals surface area (Å²) < 4.78 is 18.4. The van der Waals surface area contributed by atoms with Gasteiger partial charge in [0.05, 0.1) is 12.0 Å². The van der Waals surface area contributed by atoms with Gasteiger partial charge in [0.25, 0.3) is 0 Å². The minimum absolute atomic E-state index is 0.0576. The van der Waals surface area contributed by atoms with E-state index in [-0.39, 0.29) is 32.2 Å². The van der Waals surface area contributed by atoms with Crippen molar-refractivity contribution in [2.24, 2.45) is 16.7 Å². The summed E-state index contributed by atoms with van der Waals surface area (Å²) in [4.78, 5) is 27.6. The lowest BCUT2D eigenvalue weighted by atomic mass is 9.61. The third-order valence-corrected chi connectivity index (χ3v) is 7.99. The minimum atomic E-state index is -1.41. The molecule has 0 saturated heterocycles. The number of rotatable bonds is 8. The fourth-order valence-electron chi connectivity index (χ4n) is 5.65. The number of carbonyl (C=O) groups excluding carboxylic acids is 2. The normalized spacial score (nSPS) is 19.2. The van der Waals surface area contributed by atoms with E-state index in [1.807, 2.05) is 32.9 Å². The van der Waals surface area contributed by atoms with E-state index in [9.17, 15) is 14.2 Å². The summed E-state index contributed by atoms with van der Waals surface area (Å²) in [6.45, 7) is 16.4. The Labute approximate surface area is 196 Å². The minimum Gasteiger partial charge on any atom is -0.464 e. The number of Topliss-reactive ketones (excluding diaryl/α,β-unsaturated/α-hetero) is 1. The highest BCUT2D eigenvalue weighted by atomic mass is 31.1. The molecule has 0 amide bonds. The molecule has 1 fully saturated rings. The average molecular weight is 461 g/mol. The smallest absolute Gasteiger partial charge is 0.324 e. The Morgan fingerprint density at radius 3 is 2.03 bits per heavy atom. The van der Waals surface area contributed by atoms with Crippen molar-refractivity contribution in [3.63, 3.8) is 0 Å². The fraction of sp³-hybridized carbons (Fsp3) is 0.704. The van der Waals surface area contributed by atoms with Crippen molar-refractivity contribution in [1.29, 1.82) is 0 Å². The molecule has 1 aliphatic carbocycles. The van der Waals surface area contributed by atoms with E-state index >= 15 is 0 Å². The summed E-state index contributed by atoms with van der Waals surface area (Å²) in [5, 5.41) is -1.41. The summed E-state index contributed by atoms with van der Waals surface area (Å²) in [6.07, 6.45) is 4.72. The Kier molecular flexibility index (Phi) is 8.48. The summed E-state index contributed by atoms with van der Waals surface area (Å²) >= 11 is 0. The third-order valence-electron chi connectivity index (χ3n) is 7.02. The van der Waals surface area contributed by atoms with Crippen LogP contribution in [0.5, 0.6) is 0 Å². The van der Waals surface area contributed by atoms with Gasteiger partial charge < -0.3 is 4.74 Å². The molecule has 0 aliphatic heterocycles. The van der Waals surface area contributed by atoms with Crippen molar-refractivity contribution in [2.45, 2.75) is 99.1 Å². The van der Waals surface area contributed by atoms with E-state index in [1.165, 1.54) is 0 Å². The second kappa shape index (κ2) is 10.2. The third kappa shape index (κ3) is 5.50. The first-order chi connectivity index (χ1) is 14.8. The quantitative estimate of drug-likeness (QED) is 0.230. The molecular formula is C27H41O4P. The molecule has 2 atom stereocenters. The van der Waals surface area contributed by atoms with Crippen LogP contribution >= 0.6 is 8.46 Å². The average Bonchev–Trinajstić information content (AvgIpc) is 2.69. The summed E-state index contributed by atoms with van der Waals surface area (Å²) in [7, 11) is -0.348. The van der Waals surface area contributed by atoms with Gasteiger partial charge in [0.2, 0.25) is 0 Å². The number of aryl methyl sites for hydroxylation is 3. The number of ketones is 1. The molecular weight excluding hydrogens is 419 g/mol. The number of carbonyl (C=O) groups is 2. The van der Waals surface area contributed by atoms with Crippen molar-refractivity contribution < 1.29 is 18.9 Å². The lowest BCUT2D eigenvalue weighted by molar-refractivity contribution is -0.151. The van der Waals surface area contributed by atoms with Gasteiger partial charge in [-0.05, 0) is 69.4 Å². The number of hydrogen-bond donors (Lipinski definition) is 0.